The Kier molecular flexibility index (Phi) is 9.46. The summed E-state index contributed by atoms with van der Waals surface area (Å²) in [5.74, 6) is 1.65. The lowest BCUT2D eigenvalue weighted by molar-refractivity contribution is -0.137. The SMILES string of the molecule is C=CCN1CCC(NC(=NCCN2CCN(C(=O)C3CCCC3)CC2)NCC)CC1. The Morgan fingerprint density at radius 1 is 1.03 bits per heavy atom. The fourth-order valence-corrected chi connectivity index (χ4v) is 4.88. The first-order chi connectivity index (χ1) is 14.7. The number of rotatable bonds is 8. The molecule has 2 saturated heterocycles. The number of aliphatic imine (C=N–C) groups is 1. The molecule has 1 amide bonds. The average Bonchev–Trinajstić information content (AvgIpc) is 3.30. The van der Waals surface area contributed by atoms with Crippen molar-refractivity contribution in [3.8, 4) is 0 Å². The molecule has 0 aromatic heterocycles. The van der Waals surface area contributed by atoms with Crippen LogP contribution in [0.25, 0.3) is 0 Å². The molecule has 0 aromatic carbocycles. The molecule has 7 nitrogen and oxygen atoms in total. The first kappa shape index (κ1) is 23.1. The molecule has 30 heavy (non-hydrogen) atoms. The first-order valence-electron chi connectivity index (χ1n) is 12.1. The number of piperidine rings is 1. The Labute approximate surface area is 182 Å². The van der Waals surface area contributed by atoms with E-state index in [1.165, 1.54) is 12.8 Å². The maximum atomic E-state index is 12.6. The molecule has 0 unspecified atom stereocenters. The fraction of sp³-hybridized carbons (Fsp3) is 0.826. The van der Waals surface area contributed by atoms with Gasteiger partial charge in [-0.25, -0.2) is 0 Å². The summed E-state index contributed by atoms with van der Waals surface area (Å²) in [5.41, 5.74) is 0. The molecular weight excluding hydrogens is 376 g/mol. The van der Waals surface area contributed by atoms with E-state index in [2.05, 4.69) is 38.8 Å². The van der Waals surface area contributed by atoms with Gasteiger partial charge in [0.05, 0.1) is 6.54 Å². The zero-order valence-electron chi connectivity index (χ0n) is 18.9. The smallest absolute Gasteiger partial charge is 0.225 e. The molecule has 0 radical (unpaired) electrons. The van der Waals surface area contributed by atoms with Crippen LogP contribution >= 0.6 is 0 Å². The van der Waals surface area contributed by atoms with Gasteiger partial charge in [0.15, 0.2) is 5.96 Å². The number of hydrogen-bond acceptors (Lipinski definition) is 4. The maximum absolute atomic E-state index is 12.6. The van der Waals surface area contributed by atoms with Crippen molar-refractivity contribution in [2.45, 2.75) is 51.5 Å². The van der Waals surface area contributed by atoms with Crippen molar-refractivity contribution in [3.63, 3.8) is 0 Å². The minimum absolute atomic E-state index is 0.304. The Morgan fingerprint density at radius 3 is 2.37 bits per heavy atom. The Morgan fingerprint density at radius 2 is 1.73 bits per heavy atom. The molecule has 3 rings (SSSR count). The van der Waals surface area contributed by atoms with E-state index in [0.29, 0.717) is 17.9 Å². The second-order valence-electron chi connectivity index (χ2n) is 8.92. The van der Waals surface area contributed by atoms with Crippen LogP contribution in [-0.2, 0) is 4.79 Å². The normalized spacial score (nSPS) is 23.0. The number of amides is 1. The molecule has 3 fully saturated rings. The van der Waals surface area contributed by atoms with Gasteiger partial charge in [-0.3, -0.25) is 19.6 Å². The number of hydrogen-bond donors (Lipinski definition) is 2. The van der Waals surface area contributed by atoms with E-state index in [1.807, 2.05) is 6.08 Å². The summed E-state index contributed by atoms with van der Waals surface area (Å²) >= 11 is 0. The van der Waals surface area contributed by atoms with E-state index in [9.17, 15) is 4.79 Å². The van der Waals surface area contributed by atoms with E-state index in [4.69, 9.17) is 4.99 Å². The molecule has 0 spiro atoms. The number of carbonyl (C=O) groups is 1. The van der Waals surface area contributed by atoms with Crippen LogP contribution in [0.15, 0.2) is 17.6 Å². The molecule has 3 aliphatic rings. The lowest BCUT2D eigenvalue weighted by atomic mass is 10.1. The predicted molar refractivity (Wildman–Crippen MR) is 124 cm³/mol. The minimum atomic E-state index is 0.304. The maximum Gasteiger partial charge on any atom is 0.225 e. The highest BCUT2D eigenvalue weighted by Crippen LogP contribution is 2.26. The van der Waals surface area contributed by atoms with Gasteiger partial charge in [-0.2, -0.15) is 0 Å². The standard InChI is InChI=1S/C23H42N6O/c1-3-12-27-13-9-21(10-14-27)26-23(24-4-2)25-11-15-28-16-18-29(19-17-28)22(30)20-7-5-6-8-20/h3,20-21H,1,4-19H2,2H3,(H2,24,25,26). The molecule has 170 valence electrons. The topological polar surface area (TPSA) is 63.2 Å². The monoisotopic (exact) mass is 418 g/mol. The number of guanidine groups is 1. The van der Waals surface area contributed by atoms with Gasteiger partial charge in [0.1, 0.15) is 0 Å². The zero-order valence-corrected chi connectivity index (χ0v) is 18.9. The third kappa shape index (κ3) is 6.98. The van der Waals surface area contributed by atoms with Gasteiger partial charge in [0, 0.05) is 70.9 Å². The number of piperazine rings is 1. The van der Waals surface area contributed by atoms with Gasteiger partial charge in [-0.1, -0.05) is 18.9 Å². The quantitative estimate of drug-likeness (QED) is 0.356. The van der Waals surface area contributed by atoms with Crippen molar-refractivity contribution in [2.75, 3.05) is 65.4 Å². The molecule has 2 heterocycles. The zero-order chi connectivity index (χ0) is 21.2. The van der Waals surface area contributed by atoms with Crippen LogP contribution in [0.1, 0.15) is 45.4 Å². The van der Waals surface area contributed by atoms with Crippen molar-refractivity contribution in [3.05, 3.63) is 12.7 Å². The minimum Gasteiger partial charge on any atom is -0.357 e. The first-order valence-corrected chi connectivity index (χ1v) is 12.1. The third-order valence-electron chi connectivity index (χ3n) is 6.73. The summed E-state index contributed by atoms with van der Waals surface area (Å²) in [5, 5.41) is 7.02. The van der Waals surface area contributed by atoms with Crippen molar-refractivity contribution < 1.29 is 4.79 Å². The second-order valence-corrected chi connectivity index (χ2v) is 8.92. The van der Waals surface area contributed by atoms with E-state index in [1.54, 1.807) is 0 Å². The predicted octanol–water partition coefficient (Wildman–Crippen LogP) is 1.53. The second kappa shape index (κ2) is 12.3. The van der Waals surface area contributed by atoms with Gasteiger partial charge < -0.3 is 15.5 Å². The fourth-order valence-electron chi connectivity index (χ4n) is 4.88. The van der Waals surface area contributed by atoms with Crippen LogP contribution in [0, 0.1) is 5.92 Å². The van der Waals surface area contributed by atoms with Crippen LogP contribution in [0.4, 0.5) is 0 Å². The molecule has 1 aliphatic carbocycles. The summed E-state index contributed by atoms with van der Waals surface area (Å²) < 4.78 is 0. The lowest BCUT2D eigenvalue weighted by Gasteiger charge is -2.35. The molecule has 2 aliphatic heterocycles. The Hall–Kier alpha value is -1.60. The molecule has 0 aromatic rings. The van der Waals surface area contributed by atoms with E-state index in [-0.39, 0.29) is 0 Å². The van der Waals surface area contributed by atoms with Crippen LogP contribution in [0.5, 0.6) is 0 Å². The third-order valence-corrected chi connectivity index (χ3v) is 6.73. The van der Waals surface area contributed by atoms with Crippen LogP contribution in [-0.4, -0.2) is 98.1 Å². The van der Waals surface area contributed by atoms with E-state index < -0.39 is 0 Å². The van der Waals surface area contributed by atoms with Gasteiger partial charge in [0.25, 0.3) is 0 Å². The lowest BCUT2D eigenvalue weighted by Crippen LogP contribution is -2.51. The highest BCUT2D eigenvalue weighted by atomic mass is 16.2. The van der Waals surface area contributed by atoms with Crippen molar-refractivity contribution in [2.24, 2.45) is 10.9 Å². The van der Waals surface area contributed by atoms with Crippen LogP contribution in [0.2, 0.25) is 0 Å². The highest BCUT2D eigenvalue weighted by molar-refractivity contribution is 5.80. The van der Waals surface area contributed by atoms with Crippen molar-refractivity contribution in [1.29, 1.82) is 0 Å². The van der Waals surface area contributed by atoms with E-state index >= 15 is 0 Å². The number of nitrogens with one attached hydrogen (secondary N) is 2. The number of nitrogens with zero attached hydrogens (tertiary/aromatic N) is 4. The van der Waals surface area contributed by atoms with Gasteiger partial charge in [0.2, 0.25) is 5.91 Å². The summed E-state index contributed by atoms with van der Waals surface area (Å²) in [7, 11) is 0. The van der Waals surface area contributed by atoms with Crippen LogP contribution < -0.4 is 10.6 Å². The number of likely N-dealkylation sites (tertiary alicyclic amines) is 1. The summed E-state index contributed by atoms with van der Waals surface area (Å²) in [6.45, 7) is 15.5. The van der Waals surface area contributed by atoms with E-state index in [0.717, 1.165) is 97.1 Å². The highest BCUT2D eigenvalue weighted by Gasteiger charge is 2.29. The summed E-state index contributed by atoms with van der Waals surface area (Å²) in [6, 6.07) is 0.494. The van der Waals surface area contributed by atoms with Gasteiger partial charge >= 0.3 is 0 Å². The molecule has 2 N–H and O–H groups in total. The summed E-state index contributed by atoms with van der Waals surface area (Å²) in [6.07, 6.45) is 8.94. The summed E-state index contributed by atoms with van der Waals surface area (Å²) in [4.78, 5) is 24.4. The van der Waals surface area contributed by atoms with Crippen LogP contribution in [0.3, 0.4) is 0 Å². The van der Waals surface area contributed by atoms with Crippen molar-refractivity contribution in [1.82, 2.24) is 25.3 Å². The number of carbonyl (C=O) groups excluding carboxylic acids is 1. The van der Waals surface area contributed by atoms with Crippen molar-refractivity contribution >= 4 is 11.9 Å². The molecule has 1 saturated carbocycles. The Balaban J connectivity index is 1.36. The molecule has 7 heteroatoms. The largest absolute Gasteiger partial charge is 0.357 e. The molecular formula is C23H42N6O. The van der Waals surface area contributed by atoms with Gasteiger partial charge in [-0.15, -0.1) is 6.58 Å². The Bertz CT molecular complexity index is 558. The molecule has 0 bridgehead atoms. The average molecular weight is 419 g/mol. The molecule has 0 atom stereocenters. The van der Waals surface area contributed by atoms with Gasteiger partial charge in [-0.05, 0) is 32.6 Å².